The second-order valence-electron chi connectivity index (χ2n) is 5.08. The first kappa shape index (κ1) is 13.5. The number of carbonyl (C=O) groups is 2. The van der Waals surface area contributed by atoms with Crippen LogP contribution in [0.15, 0.2) is 18.3 Å². The van der Waals surface area contributed by atoms with Gasteiger partial charge in [-0.25, -0.2) is 0 Å². The first-order chi connectivity index (χ1) is 9.06. The minimum atomic E-state index is -0.853. The summed E-state index contributed by atoms with van der Waals surface area (Å²) < 4.78 is 0. The molecule has 1 unspecified atom stereocenters. The van der Waals surface area contributed by atoms with Crippen LogP contribution in [0.25, 0.3) is 0 Å². The molecule has 5 heteroatoms. The van der Waals surface area contributed by atoms with Crippen molar-refractivity contribution in [2.45, 2.75) is 32.7 Å². The highest BCUT2D eigenvalue weighted by molar-refractivity contribution is 5.77. The zero-order valence-electron chi connectivity index (χ0n) is 11.0. The van der Waals surface area contributed by atoms with E-state index in [4.69, 9.17) is 5.11 Å². The van der Waals surface area contributed by atoms with Crippen LogP contribution in [0.4, 0.5) is 0 Å². The van der Waals surface area contributed by atoms with Gasteiger partial charge in [-0.3, -0.25) is 14.6 Å². The summed E-state index contributed by atoms with van der Waals surface area (Å²) in [4.78, 5) is 28.8. The van der Waals surface area contributed by atoms with Gasteiger partial charge in [-0.05, 0) is 17.5 Å². The van der Waals surface area contributed by atoms with E-state index in [0.29, 0.717) is 19.5 Å². The molecule has 1 amide bonds. The van der Waals surface area contributed by atoms with Gasteiger partial charge in [0.25, 0.3) is 0 Å². The van der Waals surface area contributed by atoms with E-state index >= 15 is 0 Å². The van der Waals surface area contributed by atoms with Crippen LogP contribution in [0.5, 0.6) is 0 Å². The van der Waals surface area contributed by atoms with Gasteiger partial charge in [0.15, 0.2) is 0 Å². The monoisotopic (exact) mass is 262 g/mol. The van der Waals surface area contributed by atoms with Crippen molar-refractivity contribution < 1.29 is 14.7 Å². The molecule has 0 saturated heterocycles. The standard InChI is InChI=1S/C14H18N2O3/c1-10(8-14(18)19)7-13(17)16-6-4-12-11(9-16)3-2-5-15-12/h2-3,5,10H,4,6-9H2,1H3,(H,18,19). The molecule has 0 spiro atoms. The summed E-state index contributed by atoms with van der Waals surface area (Å²) >= 11 is 0. The Hall–Kier alpha value is -1.91. The maximum Gasteiger partial charge on any atom is 0.303 e. The molecule has 1 atom stereocenters. The highest BCUT2D eigenvalue weighted by Crippen LogP contribution is 2.19. The largest absolute Gasteiger partial charge is 0.481 e. The summed E-state index contributed by atoms with van der Waals surface area (Å²) in [5, 5.41) is 8.70. The zero-order chi connectivity index (χ0) is 13.8. The van der Waals surface area contributed by atoms with E-state index in [1.807, 2.05) is 12.1 Å². The van der Waals surface area contributed by atoms with Gasteiger partial charge in [-0.2, -0.15) is 0 Å². The number of amides is 1. The maximum absolute atomic E-state index is 12.1. The molecule has 1 N–H and O–H groups in total. The van der Waals surface area contributed by atoms with Crippen LogP contribution in [0, 0.1) is 5.92 Å². The Balaban J connectivity index is 1.93. The summed E-state index contributed by atoms with van der Waals surface area (Å²) in [5.74, 6) is -0.947. The molecule has 0 aromatic carbocycles. The molecule has 1 aliphatic rings. The van der Waals surface area contributed by atoms with Crippen LogP contribution in [0.2, 0.25) is 0 Å². The number of carboxylic acid groups (broad SMARTS) is 1. The molecule has 0 aliphatic carbocycles. The molecule has 1 aromatic heterocycles. The van der Waals surface area contributed by atoms with Crippen molar-refractivity contribution in [3.8, 4) is 0 Å². The Morgan fingerprint density at radius 1 is 1.47 bits per heavy atom. The van der Waals surface area contributed by atoms with Crippen LogP contribution in [0.3, 0.4) is 0 Å². The number of pyridine rings is 1. The molecule has 102 valence electrons. The summed E-state index contributed by atoms with van der Waals surface area (Å²) in [6.07, 6.45) is 2.88. The molecule has 0 saturated carbocycles. The van der Waals surface area contributed by atoms with Crippen molar-refractivity contribution in [2.75, 3.05) is 6.54 Å². The molecule has 2 rings (SSSR count). The number of fused-ring (bicyclic) bond motifs is 1. The number of aliphatic carboxylic acids is 1. The predicted molar refractivity (Wildman–Crippen MR) is 69.4 cm³/mol. The topological polar surface area (TPSA) is 70.5 Å². The van der Waals surface area contributed by atoms with Crippen LogP contribution in [0.1, 0.15) is 31.0 Å². The van der Waals surface area contributed by atoms with E-state index in [0.717, 1.165) is 17.7 Å². The first-order valence-electron chi connectivity index (χ1n) is 6.48. The molecule has 0 radical (unpaired) electrons. The third kappa shape index (κ3) is 3.53. The van der Waals surface area contributed by atoms with Crippen molar-refractivity contribution in [3.63, 3.8) is 0 Å². The van der Waals surface area contributed by atoms with Crippen LogP contribution in [-0.2, 0) is 22.6 Å². The minimum absolute atomic E-state index is 0.0308. The minimum Gasteiger partial charge on any atom is -0.481 e. The summed E-state index contributed by atoms with van der Waals surface area (Å²) in [7, 11) is 0. The molecule has 0 bridgehead atoms. The lowest BCUT2D eigenvalue weighted by atomic mass is 10.0. The first-order valence-corrected chi connectivity index (χ1v) is 6.48. The second-order valence-corrected chi connectivity index (χ2v) is 5.08. The van der Waals surface area contributed by atoms with Crippen molar-refractivity contribution >= 4 is 11.9 Å². The van der Waals surface area contributed by atoms with Crippen molar-refractivity contribution in [3.05, 3.63) is 29.6 Å². The van der Waals surface area contributed by atoms with E-state index in [2.05, 4.69) is 4.98 Å². The number of hydrogen-bond acceptors (Lipinski definition) is 3. The van der Waals surface area contributed by atoms with Crippen LogP contribution in [-0.4, -0.2) is 33.4 Å². The van der Waals surface area contributed by atoms with E-state index in [1.165, 1.54) is 0 Å². The maximum atomic E-state index is 12.1. The van der Waals surface area contributed by atoms with Gasteiger partial charge in [0, 0.05) is 44.2 Å². The average molecular weight is 262 g/mol. The van der Waals surface area contributed by atoms with Gasteiger partial charge in [0.1, 0.15) is 0 Å². The fourth-order valence-electron chi connectivity index (χ4n) is 2.38. The SMILES string of the molecule is CC(CC(=O)O)CC(=O)N1CCc2ncccc2C1. The smallest absolute Gasteiger partial charge is 0.303 e. The summed E-state index contributed by atoms with van der Waals surface area (Å²) in [6, 6.07) is 3.86. The third-order valence-electron chi connectivity index (χ3n) is 3.36. The van der Waals surface area contributed by atoms with Gasteiger partial charge in [-0.1, -0.05) is 13.0 Å². The van der Waals surface area contributed by atoms with E-state index in [1.54, 1.807) is 18.0 Å². The molecule has 1 aromatic rings. The molecule has 1 aliphatic heterocycles. The predicted octanol–water partition coefficient (Wildman–Crippen LogP) is 1.47. The molecular weight excluding hydrogens is 244 g/mol. The summed E-state index contributed by atoms with van der Waals surface area (Å²) in [5.41, 5.74) is 2.15. The fraction of sp³-hybridized carbons (Fsp3) is 0.500. The van der Waals surface area contributed by atoms with E-state index < -0.39 is 5.97 Å². The molecule has 5 nitrogen and oxygen atoms in total. The van der Waals surface area contributed by atoms with Crippen molar-refractivity contribution in [1.82, 2.24) is 9.88 Å². The second kappa shape index (κ2) is 5.82. The number of hydrogen-bond donors (Lipinski definition) is 1. The summed E-state index contributed by atoms with van der Waals surface area (Å²) in [6.45, 7) is 3.05. The quantitative estimate of drug-likeness (QED) is 0.892. The molecule has 19 heavy (non-hydrogen) atoms. The fourth-order valence-corrected chi connectivity index (χ4v) is 2.38. The third-order valence-corrected chi connectivity index (χ3v) is 3.36. The molecule has 0 fully saturated rings. The van der Waals surface area contributed by atoms with Crippen molar-refractivity contribution in [2.24, 2.45) is 5.92 Å². The Morgan fingerprint density at radius 2 is 2.26 bits per heavy atom. The van der Waals surface area contributed by atoms with Gasteiger partial charge >= 0.3 is 5.97 Å². The lowest BCUT2D eigenvalue weighted by Crippen LogP contribution is -2.37. The van der Waals surface area contributed by atoms with Gasteiger partial charge < -0.3 is 10.0 Å². The van der Waals surface area contributed by atoms with Crippen molar-refractivity contribution in [1.29, 1.82) is 0 Å². The average Bonchev–Trinajstić information content (AvgIpc) is 2.37. The number of carboxylic acids is 1. The lowest BCUT2D eigenvalue weighted by Gasteiger charge is -2.29. The van der Waals surface area contributed by atoms with Crippen LogP contribution < -0.4 is 0 Å². The Morgan fingerprint density at radius 3 is 3.00 bits per heavy atom. The molecular formula is C14H18N2O3. The van der Waals surface area contributed by atoms with E-state index in [9.17, 15) is 9.59 Å². The lowest BCUT2D eigenvalue weighted by molar-refractivity contribution is -0.138. The Labute approximate surface area is 112 Å². The number of nitrogens with zero attached hydrogens (tertiary/aromatic N) is 2. The highest BCUT2D eigenvalue weighted by Gasteiger charge is 2.23. The van der Waals surface area contributed by atoms with Gasteiger partial charge in [-0.15, -0.1) is 0 Å². The van der Waals surface area contributed by atoms with E-state index in [-0.39, 0.29) is 18.2 Å². The molecule has 2 heterocycles. The number of carbonyl (C=O) groups excluding carboxylic acids is 1. The zero-order valence-corrected chi connectivity index (χ0v) is 11.0. The van der Waals surface area contributed by atoms with Crippen LogP contribution >= 0.6 is 0 Å². The number of aromatic nitrogens is 1. The van der Waals surface area contributed by atoms with Gasteiger partial charge in [0.2, 0.25) is 5.91 Å². The Kier molecular flexibility index (Phi) is 4.14. The normalized spacial score (nSPS) is 15.7. The highest BCUT2D eigenvalue weighted by atomic mass is 16.4. The Bertz CT molecular complexity index is 487. The number of rotatable bonds is 4. The van der Waals surface area contributed by atoms with Gasteiger partial charge in [0.05, 0.1) is 0 Å².